The lowest BCUT2D eigenvalue weighted by atomic mass is 9.32. The fourth-order valence-electron chi connectivity index (χ4n) is 24.8. The van der Waals surface area contributed by atoms with E-state index in [1.54, 1.807) is 39.2 Å². The highest BCUT2D eigenvalue weighted by Crippen LogP contribution is 2.66. The van der Waals surface area contributed by atoms with E-state index in [1.165, 1.54) is 141 Å². The maximum absolute atomic E-state index is 9.62. The first kappa shape index (κ1) is 69.1. The van der Waals surface area contributed by atoms with Gasteiger partial charge in [-0.25, -0.2) is 0 Å². The molecule has 11 aromatic carbocycles. The second-order valence-electron chi connectivity index (χ2n) is 44.5. The summed E-state index contributed by atoms with van der Waals surface area (Å²) < 4.78 is 95.9. The molecule has 22 rings (SSSR count). The molecule has 6 aliphatic heterocycles. The highest BCUT2D eigenvalue weighted by Gasteiger charge is 2.65. The molecule has 9 heteroatoms. The number of aryl methyl sites for hydroxylation is 5. The Kier molecular flexibility index (Phi) is 15.0. The summed E-state index contributed by atoms with van der Waals surface area (Å²) in [6.45, 7) is 58.7. The lowest BCUT2D eigenvalue weighted by Gasteiger charge is -2.53. The molecule has 4 atom stereocenters. The topological polar surface area (TPSA) is 16.2 Å². The standard InChI is InChI=1S/C64H68BN3S.C49H57BN2S/c1-39-32-42(61(6,7)8)33-40(2)56(39)67-52-37-46(66(44-22-16-14-17-23-44)45-24-18-15-19-25-45)38-53-55(52)65(50-29-28-48-47-27-26-41(60(3,4)5)36-54(47)69-59(48)58(50)67)51-35-43(62(9,10)11)34-49-57(51)68(53)64(13)31-21-20-30-63(49,64)12;1-28-23-36-42-37(24-28)52-43-39(48(11)19-13-14-20-49(48,52)12)29(2)25-30(3)40(43)50(42)41-33-26-34-35(47(9,10)22-21-46(34,7)8)27-38(33)53-44(41)51(36)32-17-15-31(16-18-32)45(4,5)6/h14-19,22-29,32-38H,20-21,30-31H2,1-13H3;15-18,23-27H,13-14,19-22H2,1-12H3/i14D,15D,16D,17D,18D,19D,22D,23D,24D,25D;. The third-order valence-corrected chi connectivity index (χ3v) is 34.2. The Morgan fingerprint density at radius 2 is 0.885 bits per heavy atom. The predicted molar refractivity (Wildman–Crippen MR) is 534 cm³/mol. The number of benzene rings is 11. The highest BCUT2D eigenvalue weighted by molar-refractivity contribution is 7.27. The summed E-state index contributed by atoms with van der Waals surface area (Å²) in [5.41, 5.74) is 35.0. The molecule has 2 fully saturated rings. The molecule has 5 nitrogen and oxygen atoms in total. The van der Waals surface area contributed by atoms with Gasteiger partial charge in [-0.1, -0.05) is 259 Å². The summed E-state index contributed by atoms with van der Waals surface area (Å²) in [5.74, 6) is 0. The maximum atomic E-state index is 9.62. The second-order valence-corrected chi connectivity index (χ2v) is 46.6. The molecule has 2 saturated carbocycles. The number of hydrogen-bond acceptors (Lipinski definition) is 7. The molecular formula is C113H125B2N5S2. The Hall–Kier alpha value is -9.27. The Morgan fingerprint density at radius 3 is 1.51 bits per heavy atom. The van der Waals surface area contributed by atoms with Gasteiger partial charge >= 0.3 is 0 Å². The third kappa shape index (κ3) is 11.2. The van der Waals surface area contributed by atoms with Crippen LogP contribution in [-0.4, -0.2) is 24.5 Å². The molecule has 3 aliphatic carbocycles. The third-order valence-electron chi connectivity index (χ3n) is 31.9. The molecule has 0 saturated heterocycles. The Morgan fingerprint density at radius 1 is 0.369 bits per heavy atom. The van der Waals surface area contributed by atoms with Crippen molar-refractivity contribution in [2.45, 2.75) is 292 Å². The van der Waals surface area contributed by atoms with Crippen molar-refractivity contribution >= 4 is 172 Å². The van der Waals surface area contributed by atoms with Crippen LogP contribution < -0.4 is 57.3 Å². The molecule has 9 aliphatic rings. The summed E-state index contributed by atoms with van der Waals surface area (Å²) in [6.07, 6.45) is 11.5. The molecule has 0 radical (unpaired) electrons. The fourth-order valence-corrected chi connectivity index (χ4v) is 27.4. The Bertz CT molecular complexity index is 7150. The Labute approximate surface area is 751 Å². The summed E-state index contributed by atoms with van der Waals surface area (Å²) >= 11 is 3.83. The van der Waals surface area contributed by atoms with E-state index in [9.17, 15) is 5.48 Å². The van der Waals surface area contributed by atoms with E-state index in [0.29, 0.717) is 5.69 Å². The largest absolute Gasteiger partial charge is 0.335 e. The lowest BCUT2D eigenvalue weighted by molar-refractivity contribution is 0.194. The number of para-hydroxylation sites is 2. The van der Waals surface area contributed by atoms with Gasteiger partial charge in [-0.2, -0.15) is 0 Å². The van der Waals surface area contributed by atoms with Gasteiger partial charge < -0.3 is 24.5 Å². The first-order valence-electron chi connectivity index (χ1n) is 50.3. The first-order chi connectivity index (χ1) is 61.7. The fraction of sp³-hybridized carbons (Fsp3) is 0.398. The monoisotopic (exact) mass is 1650 g/mol. The molecule has 122 heavy (non-hydrogen) atoms. The molecule has 0 amide bonds. The maximum Gasteiger partial charge on any atom is 0.254 e. The molecule has 2 aromatic heterocycles. The molecule has 0 N–H and O–H groups in total. The minimum Gasteiger partial charge on any atom is -0.335 e. The van der Waals surface area contributed by atoms with Crippen LogP contribution in [0.4, 0.5) is 73.2 Å². The van der Waals surface area contributed by atoms with Crippen molar-refractivity contribution in [1.82, 2.24) is 0 Å². The van der Waals surface area contributed by atoms with Crippen LogP contribution in [0.3, 0.4) is 0 Å². The van der Waals surface area contributed by atoms with Gasteiger partial charge in [-0.05, 0) is 303 Å². The average Bonchev–Trinajstić information content (AvgIpc) is 1.47. The molecule has 620 valence electrons. The van der Waals surface area contributed by atoms with Crippen molar-refractivity contribution in [3.05, 3.63) is 254 Å². The van der Waals surface area contributed by atoms with Crippen LogP contribution in [0.25, 0.3) is 30.3 Å². The highest BCUT2D eigenvalue weighted by atomic mass is 32.1. The van der Waals surface area contributed by atoms with E-state index < -0.39 is 66.0 Å². The zero-order valence-corrected chi connectivity index (χ0v) is 78.5. The quantitative estimate of drug-likeness (QED) is 0.159. The minimum atomic E-state index is -0.603. The van der Waals surface area contributed by atoms with Gasteiger partial charge in [-0.3, -0.25) is 0 Å². The van der Waals surface area contributed by atoms with Crippen LogP contribution in [0.1, 0.15) is 289 Å². The van der Waals surface area contributed by atoms with Crippen LogP contribution in [-0.2, 0) is 43.3 Å². The summed E-state index contributed by atoms with van der Waals surface area (Å²) in [6, 6.07) is 41.8. The summed E-state index contributed by atoms with van der Waals surface area (Å²) in [7, 11) is 0. The molecule has 8 heterocycles. The minimum absolute atomic E-state index is 0.0261. The average molecular weight is 1650 g/mol. The van der Waals surface area contributed by atoms with Crippen molar-refractivity contribution in [2.24, 2.45) is 0 Å². The van der Waals surface area contributed by atoms with Crippen molar-refractivity contribution < 1.29 is 13.7 Å². The van der Waals surface area contributed by atoms with Crippen LogP contribution in [0.5, 0.6) is 0 Å². The molecular weight excluding hydrogens is 1510 g/mol. The number of thiophene rings is 2. The van der Waals surface area contributed by atoms with Crippen LogP contribution in [0.15, 0.2) is 182 Å². The van der Waals surface area contributed by atoms with Crippen LogP contribution in [0.2, 0.25) is 0 Å². The summed E-state index contributed by atoms with van der Waals surface area (Å²) in [5, 5.41) is 5.17. The SMILES string of the molecule is Cc1cc2c3c(c1)N1c4c(c(C)cc(C)c4C4(C)CCCCC14C)B3c1c(sc3cc4c(cc13)C(C)(C)CCC4(C)C)N2c1ccc(C(C)(C)C)cc1.[2H]c1c([2H])c([2H])c(N(c2cc3c4c(c2)N2c5c(cc(C(C)(C)C)cc5C5(C)CCCCC25C)B4c2ccc4c(sc5cc(C(C)(C)C)ccc54)c2N3c2c(C)cc(C(C)(C)C)cc2C)c2c([2H])c([2H])c([2H])c([2H])c2[2H])c([2H])c1[2H]. The van der Waals surface area contributed by atoms with E-state index >= 15 is 0 Å². The number of fused-ring (bicyclic) bond motifs is 21. The van der Waals surface area contributed by atoms with E-state index in [2.05, 4.69) is 302 Å². The second kappa shape index (κ2) is 26.4. The van der Waals surface area contributed by atoms with Crippen molar-refractivity contribution in [3.63, 3.8) is 0 Å². The van der Waals surface area contributed by atoms with E-state index in [4.69, 9.17) is 8.22 Å². The predicted octanol–water partition coefficient (Wildman–Crippen LogP) is 28.2. The van der Waals surface area contributed by atoms with Gasteiger partial charge in [0.2, 0.25) is 0 Å². The van der Waals surface area contributed by atoms with Crippen molar-refractivity contribution in [3.8, 4) is 0 Å². The lowest BCUT2D eigenvalue weighted by Crippen LogP contribution is -2.64. The van der Waals surface area contributed by atoms with Crippen molar-refractivity contribution in [2.75, 3.05) is 24.5 Å². The zero-order chi connectivity index (χ0) is 94.4. The number of rotatable bonds is 5. The van der Waals surface area contributed by atoms with E-state index in [0.717, 1.165) is 91.6 Å². The number of anilines is 13. The summed E-state index contributed by atoms with van der Waals surface area (Å²) in [4.78, 5) is 12.0. The molecule has 13 aromatic rings. The molecule has 0 spiro atoms. The van der Waals surface area contributed by atoms with Gasteiger partial charge in [0.1, 0.15) is 0 Å². The van der Waals surface area contributed by atoms with Gasteiger partial charge in [-0.15, -0.1) is 22.7 Å². The van der Waals surface area contributed by atoms with E-state index in [-0.39, 0.29) is 73.7 Å². The zero-order valence-electron chi connectivity index (χ0n) is 86.8. The van der Waals surface area contributed by atoms with E-state index in [1.807, 2.05) is 23.5 Å². The normalized spacial score (nSPS) is 22.8. The number of hydrogen-bond donors (Lipinski definition) is 0. The number of nitrogens with zero attached hydrogens (tertiary/aromatic N) is 5. The van der Waals surface area contributed by atoms with Gasteiger partial charge in [0.05, 0.1) is 51.5 Å². The smallest absolute Gasteiger partial charge is 0.254 e. The van der Waals surface area contributed by atoms with Gasteiger partial charge in [0, 0.05) is 82.2 Å². The Balaban J connectivity index is 0.000000172. The van der Waals surface area contributed by atoms with Gasteiger partial charge in [0.15, 0.2) is 0 Å². The first-order valence-corrected chi connectivity index (χ1v) is 47.0. The van der Waals surface area contributed by atoms with Gasteiger partial charge in [0.25, 0.3) is 13.4 Å². The van der Waals surface area contributed by atoms with Crippen LogP contribution >= 0.6 is 22.7 Å². The molecule has 4 unspecified atom stereocenters. The van der Waals surface area contributed by atoms with Crippen molar-refractivity contribution in [1.29, 1.82) is 0 Å². The van der Waals surface area contributed by atoms with Crippen LogP contribution in [0, 0.1) is 34.6 Å². The molecule has 0 bridgehead atoms.